The van der Waals surface area contributed by atoms with Crippen molar-refractivity contribution >= 4 is 0 Å². The Morgan fingerprint density at radius 3 is 2.95 bits per heavy atom. The summed E-state index contributed by atoms with van der Waals surface area (Å²) >= 11 is 0. The zero-order valence-corrected chi connectivity index (χ0v) is 13.0. The minimum absolute atomic E-state index is 0.343. The predicted molar refractivity (Wildman–Crippen MR) is 84.9 cm³/mol. The molecule has 22 heavy (non-hydrogen) atoms. The van der Waals surface area contributed by atoms with Crippen LogP contribution in [0.25, 0.3) is 0 Å². The van der Waals surface area contributed by atoms with E-state index in [-0.39, 0.29) is 0 Å². The molecule has 2 aliphatic rings. The molecule has 0 saturated carbocycles. The van der Waals surface area contributed by atoms with Crippen LogP contribution in [0.2, 0.25) is 0 Å². The standard InChI is InChI=1S/C16H26N4O2/c1-2-16(11-18-5-1)21-12-14-10-19-8-9-20(14)13-22-15-3-6-17-7-4-15/h1-2,5,11,14-15,17,19H,3-4,6-10,12-13H2. The number of aromatic nitrogens is 1. The van der Waals surface area contributed by atoms with Crippen molar-refractivity contribution in [1.82, 2.24) is 20.5 Å². The SMILES string of the molecule is c1cncc(OCC2CNCCN2COC2CCNCC2)c1. The lowest BCUT2D eigenvalue weighted by molar-refractivity contribution is -0.0607. The molecule has 6 nitrogen and oxygen atoms in total. The van der Waals surface area contributed by atoms with Gasteiger partial charge in [-0.2, -0.15) is 0 Å². The number of pyridine rings is 1. The summed E-state index contributed by atoms with van der Waals surface area (Å²) < 4.78 is 12.0. The first kappa shape index (κ1) is 15.7. The van der Waals surface area contributed by atoms with Crippen molar-refractivity contribution in [3.05, 3.63) is 24.5 Å². The fraction of sp³-hybridized carbons (Fsp3) is 0.688. The van der Waals surface area contributed by atoms with Gasteiger partial charge in [0, 0.05) is 25.8 Å². The van der Waals surface area contributed by atoms with E-state index in [1.807, 2.05) is 12.1 Å². The number of nitrogens with one attached hydrogen (secondary N) is 2. The van der Waals surface area contributed by atoms with Crippen molar-refractivity contribution < 1.29 is 9.47 Å². The quantitative estimate of drug-likeness (QED) is 0.796. The highest BCUT2D eigenvalue weighted by molar-refractivity contribution is 5.15. The summed E-state index contributed by atoms with van der Waals surface area (Å²) in [6, 6.07) is 4.18. The van der Waals surface area contributed by atoms with Crippen LogP contribution in [0.5, 0.6) is 5.75 Å². The first-order chi connectivity index (χ1) is 10.9. The number of hydrogen-bond donors (Lipinski definition) is 2. The number of nitrogens with zero attached hydrogens (tertiary/aromatic N) is 2. The maximum absolute atomic E-state index is 6.09. The third-order valence-corrected chi connectivity index (χ3v) is 4.31. The van der Waals surface area contributed by atoms with Crippen LogP contribution in [-0.2, 0) is 4.74 Å². The molecule has 6 heteroatoms. The van der Waals surface area contributed by atoms with Crippen LogP contribution < -0.4 is 15.4 Å². The van der Waals surface area contributed by atoms with Gasteiger partial charge < -0.3 is 20.1 Å². The summed E-state index contributed by atoms with van der Waals surface area (Å²) in [5.41, 5.74) is 0. The first-order valence-corrected chi connectivity index (χ1v) is 8.22. The van der Waals surface area contributed by atoms with E-state index in [1.54, 1.807) is 12.4 Å². The molecule has 0 aliphatic carbocycles. The lowest BCUT2D eigenvalue weighted by Gasteiger charge is -2.37. The number of rotatable bonds is 6. The molecular formula is C16H26N4O2. The van der Waals surface area contributed by atoms with Crippen LogP contribution in [0.3, 0.4) is 0 Å². The van der Waals surface area contributed by atoms with Gasteiger partial charge in [-0.15, -0.1) is 0 Å². The van der Waals surface area contributed by atoms with Gasteiger partial charge in [0.15, 0.2) is 0 Å². The second-order valence-electron chi connectivity index (χ2n) is 5.92. The van der Waals surface area contributed by atoms with Crippen molar-refractivity contribution in [3.63, 3.8) is 0 Å². The Morgan fingerprint density at radius 2 is 2.14 bits per heavy atom. The van der Waals surface area contributed by atoms with Gasteiger partial charge in [0.2, 0.25) is 0 Å². The average molecular weight is 306 g/mol. The highest BCUT2D eigenvalue weighted by atomic mass is 16.5. The topological polar surface area (TPSA) is 58.7 Å². The van der Waals surface area contributed by atoms with Crippen molar-refractivity contribution in [3.8, 4) is 5.75 Å². The van der Waals surface area contributed by atoms with Crippen LogP contribution in [-0.4, -0.2) is 68.1 Å². The maximum atomic E-state index is 6.09. The van der Waals surface area contributed by atoms with E-state index < -0.39 is 0 Å². The second-order valence-corrected chi connectivity index (χ2v) is 5.92. The van der Waals surface area contributed by atoms with Crippen LogP contribution in [0.15, 0.2) is 24.5 Å². The van der Waals surface area contributed by atoms with Crippen molar-refractivity contribution in [2.75, 3.05) is 46.1 Å². The Kier molecular flexibility index (Phi) is 6.01. The minimum Gasteiger partial charge on any atom is -0.490 e. The molecule has 3 heterocycles. The molecule has 2 aliphatic heterocycles. The molecule has 0 amide bonds. The minimum atomic E-state index is 0.343. The third kappa shape index (κ3) is 4.64. The van der Waals surface area contributed by atoms with E-state index >= 15 is 0 Å². The molecule has 0 spiro atoms. The summed E-state index contributed by atoms with van der Waals surface area (Å²) in [7, 11) is 0. The first-order valence-electron chi connectivity index (χ1n) is 8.22. The Morgan fingerprint density at radius 1 is 1.23 bits per heavy atom. The Bertz CT molecular complexity index is 425. The normalized spacial score (nSPS) is 24.3. The summed E-state index contributed by atoms with van der Waals surface area (Å²) in [6.07, 6.45) is 6.14. The number of piperidine rings is 1. The number of ether oxygens (including phenoxy) is 2. The molecule has 1 aromatic heterocycles. The molecule has 0 aromatic carbocycles. The van der Waals surface area contributed by atoms with E-state index in [2.05, 4.69) is 20.5 Å². The third-order valence-electron chi connectivity index (χ3n) is 4.31. The smallest absolute Gasteiger partial charge is 0.137 e. The van der Waals surface area contributed by atoms with E-state index in [9.17, 15) is 0 Å². The Balaban J connectivity index is 1.45. The average Bonchev–Trinajstić information content (AvgIpc) is 2.61. The van der Waals surface area contributed by atoms with Crippen molar-refractivity contribution in [2.45, 2.75) is 25.0 Å². The highest BCUT2D eigenvalue weighted by Gasteiger charge is 2.24. The molecule has 2 saturated heterocycles. The zero-order chi connectivity index (χ0) is 15.0. The molecule has 122 valence electrons. The zero-order valence-electron chi connectivity index (χ0n) is 13.0. The molecule has 1 aromatic rings. The molecule has 1 unspecified atom stereocenters. The van der Waals surface area contributed by atoms with Crippen LogP contribution in [0.1, 0.15) is 12.8 Å². The Hall–Kier alpha value is -1.21. The van der Waals surface area contributed by atoms with Gasteiger partial charge in [0.1, 0.15) is 12.4 Å². The summed E-state index contributed by atoms with van der Waals surface area (Å²) in [5.74, 6) is 0.826. The maximum Gasteiger partial charge on any atom is 0.137 e. The van der Waals surface area contributed by atoms with E-state index in [1.165, 1.54) is 0 Å². The molecule has 1 atom stereocenters. The van der Waals surface area contributed by atoms with Crippen molar-refractivity contribution in [1.29, 1.82) is 0 Å². The van der Waals surface area contributed by atoms with Crippen LogP contribution in [0, 0.1) is 0 Å². The van der Waals surface area contributed by atoms with Gasteiger partial charge in [-0.1, -0.05) is 0 Å². The highest BCUT2D eigenvalue weighted by Crippen LogP contribution is 2.12. The largest absolute Gasteiger partial charge is 0.490 e. The molecule has 2 N–H and O–H groups in total. The van der Waals surface area contributed by atoms with Crippen LogP contribution in [0.4, 0.5) is 0 Å². The fourth-order valence-corrected chi connectivity index (χ4v) is 2.93. The Labute approximate surface area is 132 Å². The summed E-state index contributed by atoms with van der Waals surface area (Å²) in [4.78, 5) is 6.46. The summed E-state index contributed by atoms with van der Waals surface area (Å²) in [5, 5.41) is 6.81. The van der Waals surface area contributed by atoms with Gasteiger partial charge >= 0.3 is 0 Å². The van der Waals surface area contributed by atoms with Gasteiger partial charge in [-0.25, -0.2) is 0 Å². The van der Waals surface area contributed by atoms with Crippen LogP contribution >= 0.6 is 0 Å². The van der Waals surface area contributed by atoms with Gasteiger partial charge in [0.25, 0.3) is 0 Å². The van der Waals surface area contributed by atoms with Crippen molar-refractivity contribution in [2.24, 2.45) is 0 Å². The van der Waals surface area contributed by atoms with E-state index in [4.69, 9.17) is 9.47 Å². The number of hydrogen-bond acceptors (Lipinski definition) is 6. The lowest BCUT2D eigenvalue weighted by Crippen LogP contribution is -2.54. The molecule has 0 radical (unpaired) electrons. The lowest BCUT2D eigenvalue weighted by atomic mass is 10.1. The van der Waals surface area contributed by atoms with Gasteiger partial charge in [0.05, 0.1) is 25.1 Å². The monoisotopic (exact) mass is 306 g/mol. The van der Waals surface area contributed by atoms with E-state index in [0.29, 0.717) is 25.5 Å². The predicted octanol–water partition coefficient (Wildman–Crippen LogP) is 0.460. The second kappa shape index (κ2) is 8.43. The van der Waals surface area contributed by atoms with E-state index in [0.717, 1.165) is 51.3 Å². The fourth-order valence-electron chi connectivity index (χ4n) is 2.93. The van der Waals surface area contributed by atoms with Gasteiger partial charge in [-0.3, -0.25) is 9.88 Å². The number of piperazine rings is 1. The summed E-state index contributed by atoms with van der Waals surface area (Å²) in [6.45, 7) is 6.46. The molecule has 0 bridgehead atoms. The van der Waals surface area contributed by atoms with Gasteiger partial charge in [-0.05, 0) is 38.1 Å². The molecule has 3 rings (SSSR count). The molecular weight excluding hydrogens is 280 g/mol. The molecule has 2 fully saturated rings.